The van der Waals surface area contributed by atoms with Crippen LogP contribution in [0.4, 0.5) is 0 Å². The summed E-state index contributed by atoms with van der Waals surface area (Å²) in [4.78, 5) is 10.9. The van der Waals surface area contributed by atoms with Gasteiger partial charge in [0.15, 0.2) is 0 Å². The van der Waals surface area contributed by atoms with E-state index in [4.69, 9.17) is 5.73 Å². The Hall–Kier alpha value is -1.15. The average Bonchev–Trinajstić information content (AvgIpc) is 2.04. The van der Waals surface area contributed by atoms with Gasteiger partial charge in [0.2, 0.25) is 0 Å². The van der Waals surface area contributed by atoms with Crippen LogP contribution in [0.15, 0.2) is 24.3 Å². The van der Waals surface area contributed by atoms with Crippen molar-refractivity contribution in [2.45, 2.75) is 26.3 Å². The van der Waals surface area contributed by atoms with Crippen molar-refractivity contribution in [1.82, 2.24) is 0 Å². The van der Waals surface area contributed by atoms with E-state index in [0.29, 0.717) is 6.42 Å². The Labute approximate surface area is 78.8 Å². The molecule has 0 heterocycles. The van der Waals surface area contributed by atoms with Crippen LogP contribution in [0.3, 0.4) is 0 Å². The molecule has 1 atom stereocenters. The fraction of sp³-hybridized carbons (Fsp3) is 0.364. The molecule has 1 rings (SSSR count). The van der Waals surface area contributed by atoms with Gasteiger partial charge in [0.25, 0.3) is 0 Å². The number of aryl methyl sites for hydroxylation is 1. The van der Waals surface area contributed by atoms with Gasteiger partial charge in [0, 0.05) is 0 Å². The summed E-state index contributed by atoms with van der Waals surface area (Å²) in [6.07, 6.45) is 0.636. The van der Waals surface area contributed by atoms with Crippen molar-refractivity contribution in [2.24, 2.45) is 5.73 Å². The number of carbonyl (C=O) groups is 1. The van der Waals surface area contributed by atoms with Crippen molar-refractivity contribution in [1.29, 1.82) is 0 Å². The molecule has 0 unspecified atom stereocenters. The van der Waals surface area contributed by atoms with Crippen molar-refractivity contribution < 1.29 is 4.79 Å². The van der Waals surface area contributed by atoms with Gasteiger partial charge in [-0.05, 0) is 25.8 Å². The Balaban J connectivity index is 2.69. The van der Waals surface area contributed by atoms with Gasteiger partial charge < -0.3 is 5.73 Å². The second kappa shape index (κ2) is 4.19. The summed E-state index contributed by atoms with van der Waals surface area (Å²) < 4.78 is 0. The van der Waals surface area contributed by atoms with Crippen LogP contribution >= 0.6 is 0 Å². The zero-order valence-electron chi connectivity index (χ0n) is 8.08. The Bertz CT molecular complexity index is 307. The highest BCUT2D eigenvalue weighted by molar-refractivity contribution is 5.81. The van der Waals surface area contributed by atoms with Gasteiger partial charge in [0.05, 0.1) is 6.04 Å². The van der Waals surface area contributed by atoms with E-state index in [1.165, 1.54) is 12.5 Å². The van der Waals surface area contributed by atoms with Crippen LogP contribution < -0.4 is 5.73 Å². The highest BCUT2D eigenvalue weighted by Gasteiger charge is 2.08. The smallest absolute Gasteiger partial charge is 0.146 e. The lowest BCUT2D eigenvalue weighted by molar-refractivity contribution is -0.118. The normalized spacial score (nSPS) is 12.5. The number of hydrogen-bond donors (Lipinski definition) is 1. The van der Waals surface area contributed by atoms with Gasteiger partial charge in [-0.1, -0.05) is 29.8 Å². The Morgan fingerprint density at radius 2 is 2.23 bits per heavy atom. The van der Waals surface area contributed by atoms with Gasteiger partial charge in [-0.15, -0.1) is 0 Å². The van der Waals surface area contributed by atoms with Crippen LogP contribution in [0.2, 0.25) is 0 Å². The summed E-state index contributed by atoms with van der Waals surface area (Å²) in [6.45, 7) is 3.56. The molecule has 1 aromatic rings. The molecule has 1 aromatic carbocycles. The number of Topliss-reactive ketones (excluding diaryl/α,β-unsaturated/α-hetero) is 1. The molecule has 0 saturated heterocycles. The molecule has 13 heavy (non-hydrogen) atoms. The third kappa shape index (κ3) is 2.99. The van der Waals surface area contributed by atoms with E-state index in [-0.39, 0.29) is 11.8 Å². The van der Waals surface area contributed by atoms with E-state index in [1.54, 1.807) is 0 Å². The van der Waals surface area contributed by atoms with E-state index in [0.717, 1.165) is 5.56 Å². The quantitative estimate of drug-likeness (QED) is 0.759. The molecular formula is C11H15NO. The molecule has 0 radical (unpaired) electrons. The SMILES string of the molecule is CC(=O)[C@@H](N)Cc1cccc(C)c1. The van der Waals surface area contributed by atoms with Crippen LogP contribution in [-0.4, -0.2) is 11.8 Å². The van der Waals surface area contributed by atoms with Crippen LogP contribution in [0, 0.1) is 6.92 Å². The number of nitrogens with two attached hydrogens (primary N) is 1. The second-order valence-electron chi connectivity index (χ2n) is 3.41. The largest absolute Gasteiger partial charge is 0.321 e. The minimum atomic E-state index is -0.359. The molecule has 2 nitrogen and oxygen atoms in total. The first kappa shape index (κ1) is 9.93. The molecule has 0 bridgehead atoms. The Morgan fingerprint density at radius 1 is 1.54 bits per heavy atom. The summed E-state index contributed by atoms with van der Waals surface area (Å²) in [6, 6.07) is 7.71. The van der Waals surface area contributed by atoms with Gasteiger partial charge in [-0.25, -0.2) is 0 Å². The van der Waals surface area contributed by atoms with Crippen LogP contribution in [0.1, 0.15) is 18.1 Å². The van der Waals surface area contributed by atoms with Gasteiger partial charge in [-0.3, -0.25) is 4.79 Å². The highest BCUT2D eigenvalue weighted by atomic mass is 16.1. The summed E-state index contributed by atoms with van der Waals surface area (Å²) in [5.41, 5.74) is 7.98. The van der Waals surface area contributed by atoms with E-state index in [1.807, 2.05) is 25.1 Å². The van der Waals surface area contributed by atoms with Gasteiger partial charge in [-0.2, -0.15) is 0 Å². The monoisotopic (exact) mass is 177 g/mol. The number of carbonyl (C=O) groups excluding carboxylic acids is 1. The second-order valence-corrected chi connectivity index (χ2v) is 3.41. The van der Waals surface area contributed by atoms with E-state index >= 15 is 0 Å². The number of ketones is 1. The minimum Gasteiger partial charge on any atom is -0.321 e. The maximum Gasteiger partial charge on any atom is 0.146 e. The summed E-state index contributed by atoms with van der Waals surface area (Å²) >= 11 is 0. The molecule has 0 saturated carbocycles. The zero-order chi connectivity index (χ0) is 9.84. The first-order valence-corrected chi connectivity index (χ1v) is 4.41. The first-order chi connectivity index (χ1) is 6.09. The Kier molecular flexibility index (Phi) is 3.20. The van der Waals surface area contributed by atoms with Crippen LogP contribution in [0.25, 0.3) is 0 Å². The number of benzene rings is 1. The van der Waals surface area contributed by atoms with E-state index in [2.05, 4.69) is 6.07 Å². The molecule has 0 amide bonds. The Morgan fingerprint density at radius 3 is 2.77 bits per heavy atom. The van der Waals surface area contributed by atoms with Crippen molar-refractivity contribution in [2.75, 3.05) is 0 Å². The van der Waals surface area contributed by atoms with Gasteiger partial charge in [0.1, 0.15) is 5.78 Å². The minimum absolute atomic E-state index is 0.0431. The molecule has 0 aliphatic heterocycles. The lowest BCUT2D eigenvalue weighted by atomic mass is 10.0. The van der Waals surface area contributed by atoms with Crippen molar-refractivity contribution in [3.63, 3.8) is 0 Å². The number of hydrogen-bond acceptors (Lipinski definition) is 2. The van der Waals surface area contributed by atoms with Crippen LogP contribution in [0.5, 0.6) is 0 Å². The van der Waals surface area contributed by atoms with Crippen LogP contribution in [-0.2, 0) is 11.2 Å². The van der Waals surface area contributed by atoms with Crippen molar-refractivity contribution in [3.8, 4) is 0 Å². The molecule has 0 aromatic heterocycles. The fourth-order valence-electron chi connectivity index (χ4n) is 1.24. The average molecular weight is 177 g/mol. The molecule has 0 aliphatic carbocycles. The zero-order valence-corrected chi connectivity index (χ0v) is 8.08. The number of rotatable bonds is 3. The molecular weight excluding hydrogens is 162 g/mol. The maximum absolute atomic E-state index is 10.9. The van der Waals surface area contributed by atoms with Crippen molar-refractivity contribution in [3.05, 3.63) is 35.4 Å². The topological polar surface area (TPSA) is 43.1 Å². The standard InChI is InChI=1S/C11H15NO/c1-8-4-3-5-10(6-8)7-11(12)9(2)13/h3-6,11H,7,12H2,1-2H3/t11-/m0/s1. The molecule has 0 fully saturated rings. The van der Waals surface area contributed by atoms with E-state index in [9.17, 15) is 4.79 Å². The predicted octanol–water partition coefficient (Wildman–Crippen LogP) is 1.45. The fourth-order valence-corrected chi connectivity index (χ4v) is 1.24. The molecule has 0 aliphatic rings. The molecule has 0 spiro atoms. The lowest BCUT2D eigenvalue weighted by Gasteiger charge is -2.07. The summed E-state index contributed by atoms with van der Waals surface area (Å²) in [5.74, 6) is 0.0431. The molecule has 2 N–H and O–H groups in total. The predicted molar refractivity (Wildman–Crippen MR) is 53.5 cm³/mol. The lowest BCUT2D eigenvalue weighted by Crippen LogP contribution is -2.30. The molecule has 70 valence electrons. The highest BCUT2D eigenvalue weighted by Crippen LogP contribution is 2.06. The van der Waals surface area contributed by atoms with E-state index < -0.39 is 0 Å². The van der Waals surface area contributed by atoms with Crippen molar-refractivity contribution >= 4 is 5.78 Å². The first-order valence-electron chi connectivity index (χ1n) is 4.41. The summed E-state index contributed by atoms with van der Waals surface area (Å²) in [7, 11) is 0. The molecule has 2 heteroatoms. The third-order valence-corrected chi connectivity index (χ3v) is 2.06. The summed E-state index contributed by atoms with van der Waals surface area (Å²) in [5, 5.41) is 0. The maximum atomic E-state index is 10.9. The third-order valence-electron chi connectivity index (χ3n) is 2.06. The van der Waals surface area contributed by atoms with Gasteiger partial charge >= 0.3 is 0 Å².